The van der Waals surface area contributed by atoms with Gasteiger partial charge in [0.05, 0.1) is 51.4 Å². The second-order valence-corrected chi connectivity index (χ2v) is 22.4. The van der Waals surface area contributed by atoms with E-state index < -0.39 is 0 Å². The standard InChI is InChI=1S/C16H16O2.C15H18INO2S.C14H12INO2S.2C8H9O.2Li/c1-11-5-6-15(16(9-11)18-4)13-7-12(2)8-14(10-13)17-3;1-17(2)14-3-5-15(6-4-14)19-9-8-18-11-13-12-20-10-7-16-13;16-9-12-2-1-3-14(8-12)18-6-5-17-10-13-11-19-7-4-15-13;2*1-7-4-3-5-8(6-7)9-2;;/h5-10H,1-2H2,3-4H3;3-7,12H,8-9,11H2,1-2H3;1-4,8,11H,5-6,10H2;2*3-6H,1H2,2H3;;/q3*-2;2*-1;2*+1. The first kappa shape index (κ1) is 68.2. The molecule has 2 aliphatic heterocycles. The Labute approximate surface area is 512 Å². The summed E-state index contributed by atoms with van der Waals surface area (Å²) in [4.78, 5) is 2.07. The third-order valence-corrected chi connectivity index (χ3v) is 16.9. The molecule has 77 heavy (non-hydrogen) atoms. The number of hydrogen-bond acceptors (Lipinski definition) is 12. The van der Waals surface area contributed by atoms with Crippen LogP contribution in [0.1, 0.15) is 27.8 Å². The van der Waals surface area contributed by atoms with Crippen LogP contribution in [0.3, 0.4) is 0 Å². The Morgan fingerprint density at radius 3 is 1.49 bits per heavy atom. The van der Waals surface area contributed by atoms with Crippen LogP contribution in [-0.4, -0.2) is 82.2 Å². The summed E-state index contributed by atoms with van der Waals surface area (Å²) in [5.41, 5.74) is 7.60. The molecule has 0 aromatic heterocycles. The second-order valence-electron chi connectivity index (χ2n) is 15.7. The minimum atomic E-state index is -0.0226. The smallest absolute Gasteiger partial charge is 0.510 e. The largest absolute Gasteiger partial charge is 1.00 e. The Kier molecular flexibility index (Phi) is 35.7. The summed E-state index contributed by atoms with van der Waals surface area (Å²) in [5, 5.41) is 19.3. The maximum absolute atomic E-state index is 8.77. The van der Waals surface area contributed by atoms with E-state index in [0.29, 0.717) is 44.3 Å². The summed E-state index contributed by atoms with van der Waals surface area (Å²) in [6.07, 6.45) is 0. The molecule has 0 unspecified atom stereocenters. The van der Waals surface area contributed by atoms with Crippen molar-refractivity contribution in [2.45, 2.75) is 0 Å². The SMILES string of the molecule is CN(C)c1ccc(OCCOCC2=CS[C-]=C[I-]2)cc1.N#Cc1cccc(OCCOCC2=CS[C-]=C[I-]2)c1.[CH2-]c1cc(OC)cc(-c2ccc([CH2-])cc2OC)c1.[CH2-]c1cccc(OC)c1.[CH2-]c1cccc(OC)c1.[Li+].[Li+]. The summed E-state index contributed by atoms with van der Waals surface area (Å²) in [6, 6.07) is 44.3. The Morgan fingerprint density at radius 2 is 1.03 bits per heavy atom. The van der Waals surface area contributed by atoms with E-state index >= 15 is 0 Å². The van der Waals surface area contributed by atoms with E-state index in [1.54, 1.807) is 64.1 Å². The number of nitrogens with zero attached hydrogens (tertiary/aromatic N) is 2. The molecule has 0 saturated carbocycles. The molecular formula is C61H64I2Li2N2O8S2-6. The second kappa shape index (κ2) is 40.3. The zero-order chi connectivity index (χ0) is 54.0. The molecule has 10 nitrogen and oxygen atoms in total. The number of benzene rings is 6. The van der Waals surface area contributed by atoms with Crippen molar-refractivity contribution in [1.29, 1.82) is 5.26 Å². The van der Waals surface area contributed by atoms with Gasteiger partial charge in [-0.1, -0.05) is 5.56 Å². The van der Waals surface area contributed by atoms with Gasteiger partial charge in [-0.05, 0) is 23.8 Å². The minimum Gasteiger partial charge on any atom is -0.510 e. The number of rotatable bonds is 18. The Hall–Kier alpha value is -4.88. The number of thioether (sulfide) groups is 2. The molecule has 2 aliphatic rings. The predicted octanol–water partition coefficient (Wildman–Crippen LogP) is 1.50. The predicted molar refractivity (Wildman–Crippen MR) is 300 cm³/mol. The van der Waals surface area contributed by atoms with Crippen LogP contribution in [-0.2, 0) is 9.47 Å². The number of nitriles is 1. The van der Waals surface area contributed by atoms with Gasteiger partial charge in [0.2, 0.25) is 0 Å². The molecule has 2 heterocycles. The van der Waals surface area contributed by atoms with E-state index in [1.807, 2.05) is 135 Å². The van der Waals surface area contributed by atoms with E-state index in [9.17, 15) is 0 Å². The van der Waals surface area contributed by atoms with Crippen molar-refractivity contribution in [2.75, 3.05) is 87.1 Å². The first-order chi connectivity index (χ1) is 36.4. The van der Waals surface area contributed by atoms with E-state index in [-0.39, 0.29) is 80.1 Å². The molecular weight excluding hydrogens is 1220 g/mol. The van der Waals surface area contributed by atoms with Crippen molar-refractivity contribution < 1.29 is 118 Å². The van der Waals surface area contributed by atoms with Crippen LogP contribution in [0.15, 0.2) is 160 Å². The van der Waals surface area contributed by atoms with E-state index in [0.717, 1.165) is 68.7 Å². The Morgan fingerprint density at radius 1 is 0.519 bits per heavy atom. The molecule has 0 amide bonds. The fourth-order valence-corrected chi connectivity index (χ4v) is 11.8. The van der Waals surface area contributed by atoms with Gasteiger partial charge in [-0.25, -0.2) is 0 Å². The van der Waals surface area contributed by atoms with Gasteiger partial charge in [0.25, 0.3) is 0 Å². The van der Waals surface area contributed by atoms with Gasteiger partial charge >= 0.3 is 301 Å². The van der Waals surface area contributed by atoms with Gasteiger partial charge in [-0.3, -0.25) is 0 Å². The van der Waals surface area contributed by atoms with Crippen molar-refractivity contribution in [3.8, 4) is 51.7 Å². The van der Waals surface area contributed by atoms with Crippen molar-refractivity contribution in [2.24, 2.45) is 0 Å². The van der Waals surface area contributed by atoms with Crippen molar-refractivity contribution in [3.05, 3.63) is 226 Å². The molecule has 0 N–H and O–H groups in total. The molecule has 0 bridgehead atoms. The zero-order valence-electron chi connectivity index (χ0n) is 45.3. The average molecular weight is 1290 g/mol. The summed E-state index contributed by atoms with van der Waals surface area (Å²) in [5.74, 6) is 4.91. The number of hydrogen-bond donors (Lipinski definition) is 0. The van der Waals surface area contributed by atoms with E-state index in [4.69, 9.17) is 43.2 Å². The number of ether oxygens (including phenoxy) is 8. The fraction of sp³-hybridized carbons (Fsp3) is 0.197. The quantitative estimate of drug-likeness (QED) is 0.0541. The molecule has 6 aromatic rings. The van der Waals surface area contributed by atoms with Crippen LogP contribution in [0.4, 0.5) is 5.69 Å². The fourth-order valence-electron chi connectivity index (χ4n) is 6.14. The van der Waals surface area contributed by atoms with E-state index in [2.05, 4.69) is 68.5 Å². The van der Waals surface area contributed by atoms with Crippen LogP contribution in [0.5, 0.6) is 34.5 Å². The van der Waals surface area contributed by atoms with Gasteiger partial charge in [0.1, 0.15) is 0 Å². The first-order valence-electron chi connectivity index (χ1n) is 23.2. The molecule has 0 saturated heterocycles. The van der Waals surface area contributed by atoms with Crippen molar-refractivity contribution >= 4 is 29.2 Å². The summed E-state index contributed by atoms with van der Waals surface area (Å²) >= 11 is 3.18. The van der Waals surface area contributed by atoms with Gasteiger partial charge in [-0.2, -0.15) is 74.2 Å². The Bertz CT molecular complexity index is 2760. The third kappa shape index (κ3) is 28.0. The number of anilines is 1. The molecule has 0 spiro atoms. The van der Waals surface area contributed by atoms with Crippen LogP contribution in [0.25, 0.3) is 11.1 Å². The van der Waals surface area contributed by atoms with Crippen molar-refractivity contribution in [1.82, 2.24) is 0 Å². The summed E-state index contributed by atoms with van der Waals surface area (Å²) < 4.78 is 50.0. The van der Waals surface area contributed by atoms with E-state index in [1.165, 1.54) is 12.8 Å². The van der Waals surface area contributed by atoms with Crippen molar-refractivity contribution in [3.63, 3.8) is 0 Å². The molecule has 8 rings (SSSR count). The Balaban J connectivity index is 0.000000338. The molecule has 16 heteroatoms. The summed E-state index contributed by atoms with van der Waals surface area (Å²) in [6.45, 7) is 19.0. The molecule has 6 aromatic carbocycles. The molecule has 0 atom stereocenters. The van der Waals surface area contributed by atoms with Gasteiger partial charge in [0.15, 0.2) is 0 Å². The molecule has 400 valence electrons. The topological polar surface area (TPSA) is 101 Å². The van der Waals surface area contributed by atoms with Gasteiger partial charge < -0.3 is 18.9 Å². The first-order valence-corrected chi connectivity index (χ1v) is 29.6. The maximum Gasteiger partial charge on any atom is 1.00 e. The number of methoxy groups -OCH3 is 4. The maximum atomic E-state index is 8.77. The van der Waals surface area contributed by atoms with Crippen LogP contribution in [0, 0.1) is 49.8 Å². The minimum absolute atomic E-state index is 0. The normalized spacial score (nSPS) is 11.7. The van der Waals surface area contributed by atoms with Gasteiger partial charge in [0, 0.05) is 0 Å². The van der Waals surface area contributed by atoms with Crippen LogP contribution >= 0.6 is 23.5 Å². The molecule has 0 radical (unpaired) electrons. The monoisotopic (exact) mass is 1280 g/mol. The molecule has 0 aliphatic carbocycles. The zero-order valence-corrected chi connectivity index (χ0v) is 51.3. The number of halogens is 2. The average Bonchev–Trinajstić information content (AvgIpc) is 3.44. The summed E-state index contributed by atoms with van der Waals surface area (Å²) in [7, 11) is 10.6. The van der Waals surface area contributed by atoms with Crippen LogP contribution in [0.2, 0.25) is 0 Å². The molecule has 0 fully saturated rings. The van der Waals surface area contributed by atoms with Crippen LogP contribution < -0.4 is 113 Å². The third-order valence-electron chi connectivity index (χ3n) is 9.82. The van der Waals surface area contributed by atoms with Gasteiger partial charge in [-0.15, -0.1) is 42.5 Å².